The van der Waals surface area contributed by atoms with Crippen LogP contribution in [-0.2, 0) is 19.8 Å². The predicted molar refractivity (Wildman–Crippen MR) is 124 cm³/mol. The Bertz CT molecular complexity index is 1680. The van der Waals surface area contributed by atoms with Gasteiger partial charge in [0.05, 0.1) is 29.0 Å². The minimum absolute atomic E-state index is 0.0868. The highest BCUT2D eigenvalue weighted by Gasteiger charge is 2.36. The maximum Gasteiger partial charge on any atom is 0.427 e. The van der Waals surface area contributed by atoms with E-state index in [9.17, 15) is 22.8 Å². The summed E-state index contributed by atoms with van der Waals surface area (Å²) in [4.78, 5) is 32.5. The lowest BCUT2D eigenvalue weighted by Gasteiger charge is -2.12. The Hall–Kier alpha value is -4.26. The van der Waals surface area contributed by atoms with Gasteiger partial charge in [0, 0.05) is 30.4 Å². The summed E-state index contributed by atoms with van der Waals surface area (Å²) in [5, 5.41) is 4.34. The number of hydrogen-bond acceptors (Lipinski definition) is 7. The van der Waals surface area contributed by atoms with Gasteiger partial charge in [0.25, 0.3) is 0 Å². The Morgan fingerprint density at radius 1 is 1.06 bits per heavy atom. The normalized spacial score (nSPS) is 11.9. The minimum Gasteiger partial charge on any atom is -0.369 e. The Morgan fingerprint density at radius 3 is 2.49 bits per heavy atom. The highest BCUT2D eigenvalue weighted by Crippen LogP contribution is 2.36. The third-order valence-corrected chi connectivity index (χ3v) is 6.29. The molecule has 0 aliphatic heterocycles. The summed E-state index contributed by atoms with van der Waals surface area (Å²) >= 11 is 0.439. The topological polar surface area (TPSA) is 113 Å². The van der Waals surface area contributed by atoms with Crippen LogP contribution in [0.5, 0.6) is 0 Å². The predicted octanol–water partition coefficient (Wildman–Crippen LogP) is 3.03. The molecule has 5 rings (SSSR count). The lowest BCUT2D eigenvalue weighted by molar-refractivity contribution is -0.135. The van der Waals surface area contributed by atoms with Gasteiger partial charge in [0.1, 0.15) is 4.88 Å². The minimum atomic E-state index is -4.61. The number of thiazole rings is 1. The SMILES string of the molecule is Cn1cc(-c2c(-c3ccccc3)nc(N)n3c(=O)n(Cc4ncsc4C(F)(F)F)nc23)ccc1=O. The van der Waals surface area contributed by atoms with Gasteiger partial charge >= 0.3 is 11.9 Å². The van der Waals surface area contributed by atoms with Gasteiger partial charge in [-0.25, -0.2) is 23.8 Å². The van der Waals surface area contributed by atoms with Crippen molar-refractivity contribution in [2.75, 3.05) is 5.73 Å². The molecule has 0 unspecified atom stereocenters. The number of fused-ring (bicyclic) bond motifs is 1. The van der Waals surface area contributed by atoms with E-state index in [2.05, 4.69) is 15.1 Å². The van der Waals surface area contributed by atoms with Crippen LogP contribution in [-0.4, -0.2) is 28.7 Å². The zero-order chi connectivity index (χ0) is 24.9. The number of halogens is 3. The molecule has 0 spiro atoms. The van der Waals surface area contributed by atoms with Crippen molar-refractivity contribution >= 4 is 22.9 Å². The summed E-state index contributed by atoms with van der Waals surface area (Å²) in [6.07, 6.45) is -3.05. The van der Waals surface area contributed by atoms with Crippen LogP contribution < -0.4 is 17.0 Å². The van der Waals surface area contributed by atoms with E-state index >= 15 is 0 Å². The highest BCUT2D eigenvalue weighted by molar-refractivity contribution is 7.09. The maximum absolute atomic E-state index is 13.3. The molecule has 4 aromatic heterocycles. The van der Waals surface area contributed by atoms with E-state index < -0.39 is 23.3 Å². The molecule has 0 atom stereocenters. The van der Waals surface area contributed by atoms with Crippen LogP contribution in [0, 0.1) is 0 Å². The van der Waals surface area contributed by atoms with E-state index in [4.69, 9.17) is 5.73 Å². The molecule has 0 radical (unpaired) electrons. The monoisotopic (exact) mass is 499 g/mol. The largest absolute Gasteiger partial charge is 0.427 e. The van der Waals surface area contributed by atoms with Crippen molar-refractivity contribution in [3.05, 3.63) is 85.6 Å². The number of pyridine rings is 1. The van der Waals surface area contributed by atoms with Crippen molar-refractivity contribution in [2.24, 2.45) is 7.05 Å². The summed E-state index contributed by atoms with van der Waals surface area (Å²) in [7, 11) is 1.57. The number of nitrogens with two attached hydrogens (primary N) is 1. The van der Waals surface area contributed by atoms with Gasteiger partial charge in [-0.1, -0.05) is 30.3 Å². The standard InChI is InChI=1S/C22H16F3N7O2S/c1-30-9-13(7-8-15(30)33)16-17(12-5-3-2-4-6-12)28-20(26)32-19(16)29-31(21(32)34)10-14-18(22(23,24)25)35-11-27-14/h2-9,11H,10H2,1H3,(H2,26,28). The molecule has 0 aliphatic rings. The van der Waals surface area contributed by atoms with Crippen LogP contribution in [0.4, 0.5) is 19.1 Å². The molecular formula is C22H16F3N7O2S. The van der Waals surface area contributed by atoms with E-state index in [-0.39, 0.29) is 22.8 Å². The van der Waals surface area contributed by atoms with Crippen LogP contribution in [0.1, 0.15) is 10.6 Å². The number of hydrogen-bond donors (Lipinski definition) is 1. The van der Waals surface area contributed by atoms with Gasteiger partial charge < -0.3 is 10.3 Å². The molecule has 0 saturated heterocycles. The van der Waals surface area contributed by atoms with Crippen molar-refractivity contribution in [1.29, 1.82) is 0 Å². The smallest absolute Gasteiger partial charge is 0.369 e. The second kappa shape index (κ2) is 8.20. The van der Waals surface area contributed by atoms with Crippen LogP contribution >= 0.6 is 11.3 Å². The second-order valence-corrected chi connectivity index (χ2v) is 8.51. The third-order valence-electron chi connectivity index (χ3n) is 5.38. The Kier molecular flexibility index (Phi) is 5.28. The van der Waals surface area contributed by atoms with E-state index in [1.165, 1.54) is 10.6 Å². The molecule has 0 bridgehead atoms. The van der Waals surface area contributed by atoms with Gasteiger partial charge in [-0.05, 0) is 6.07 Å². The lowest BCUT2D eigenvalue weighted by atomic mass is 10.0. The number of aryl methyl sites for hydroxylation is 1. The van der Waals surface area contributed by atoms with Gasteiger partial charge in [-0.3, -0.25) is 4.79 Å². The third kappa shape index (κ3) is 3.89. The maximum atomic E-state index is 13.3. The molecule has 5 aromatic rings. The van der Waals surface area contributed by atoms with Gasteiger partial charge in [0.15, 0.2) is 5.65 Å². The zero-order valence-corrected chi connectivity index (χ0v) is 18.8. The summed E-state index contributed by atoms with van der Waals surface area (Å²) in [6.45, 7) is -0.508. The molecule has 0 amide bonds. The van der Waals surface area contributed by atoms with Gasteiger partial charge in [-0.2, -0.15) is 13.2 Å². The molecule has 13 heteroatoms. The fourth-order valence-corrected chi connectivity index (χ4v) is 4.44. The van der Waals surface area contributed by atoms with Crippen molar-refractivity contribution in [2.45, 2.75) is 12.7 Å². The zero-order valence-electron chi connectivity index (χ0n) is 18.0. The first-order chi connectivity index (χ1) is 16.6. The second-order valence-electron chi connectivity index (χ2n) is 7.65. The summed E-state index contributed by atoms with van der Waals surface area (Å²) < 4.78 is 43.3. The fourth-order valence-electron chi connectivity index (χ4n) is 3.77. The van der Waals surface area contributed by atoms with E-state index in [1.807, 2.05) is 6.07 Å². The van der Waals surface area contributed by atoms with E-state index in [0.717, 1.165) is 14.6 Å². The first-order valence-electron chi connectivity index (χ1n) is 10.2. The molecule has 0 aliphatic carbocycles. The number of rotatable bonds is 4. The molecule has 0 saturated carbocycles. The van der Waals surface area contributed by atoms with Crippen LogP contribution in [0.15, 0.2) is 63.8 Å². The van der Waals surface area contributed by atoms with E-state index in [1.54, 1.807) is 43.6 Å². The molecule has 1 aromatic carbocycles. The number of nitrogen functional groups attached to an aromatic ring is 1. The van der Waals surface area contributed by atoms with Crippen molar-refractivity contribution in [3.63, 3.8) is 0 Å². The Balaban J connectivity index is 1.79. The van der Waals surface area contributed by atoms with Crippen molar-refractivity contribution < 1.29 is 13.2 Å². The molecule has 4 heterocycles. The Labute approximate surface area is 198 Å². The first-order valence-corrected chi connectivity index (χ1v) is 11.0. The van der Waals surface area contributed by atoms with Gasteiger partial charge in [-0.15, -0.1) is 16.4 Å². The van der Waals surface area contributed by atoms with Crippen molar-refractivity contribution in [1.82, 2.24) is 28.7 Å². The summed E-state index contributed by atoms with van der Waals surface area (Å²) in [5.41, 5.74) is 7.93. The number of aromatic nitrogens is 6. The summed E-state index contributed by atoms with van der Waals surface area (Å²) in [5.74, 6) is -0.182. The number of anilines is 1. The highest BCUT2D eigenvalue weighted by atomic mass is 32.1. The molecule has 35 heavy (non-hydrogen) atoms. The molecule has 2 N–H and O–H groups in total. The lowest BCUT2D eigenvalue weighted by Crippen LogP contribution is -2.24. The average Bonchev–Trinajstić information content (AvgIpc) is 3.42. The number of alkyl halides is 3. The molecule has 178 valence electrons. The first kappa shape index (κ1) is 22.5. The Morgan fingerprint density at radius 2 is 1.80 bits per heavy atom. The van der Waals surface area contributed by atoms with Crippen molar-refractivity contribution in [3.8, 4) is 22.4 Å². The number of benzene rings is 1. The van der Waals surface area contributed by atoms with Crippen LogP contribution in [0.3, 0.4) is 0 Å². The molecule has 9 nitrogen and oxygen atoms in total. The van der Waals surface area contributed by atoms with Gasteiger partial charge in [0.2, 0.25) is 11.5 Å². The van der Waals surface area contributed by atoms with Crippen LogP contribution in [0.25, 0.3) is 28.0 Å². The summed E-state index contributed by atoms with van der Waals surface area (Å²) in [6, 6.07) is 11.9. The molecular weight excluding hydrogens is 483 g/mol. The average molecular weight is 499 g/mol. The fraction of sp³-hybridized carbons (Fsp3) is 0.136. The quantitative estimate of drug-likeness (QED) is 0.407. The van der Waals surface area contributed by atoms with Crippen LogP contribution in [0.2, 0.25) is 0 Å². The number of nitrogens with zero attached hydrogens (tertiary/aromatic N) is 6. The van der Waals surface area contributed by atoms with E-state index in [0.29, 0.717) is 33.7 Å². The molecule has 0 fully saturated rings.